The Balaban J connectivity index is 1.38. The molecule has 0 unspecified atom stereocenters. The van der Waals surface area contributed by atoms with E-state index in [1.807, 2.05) is 18.2 Å². The number of anilines is 1. The lowest BCUT2D eigenvalue weighted by atomic mass is 9.83. The molecule has 130 valence electrons. The largest absolute Gasteiger partial charge is 0.379 e. The first-order valence-corrected chi connectivity index (χ1v) is 9.41. The van der Waals surface area contributed by atoms with Gasteiger partial charge in [0.15, 0.2) is 5.78 Å². The number of nitrogens with zero attached hydrogens (tertiary/aromatic N) is 1. The van der Waals surface area contributed by atoms with Crippen LogP contribution in [0.1, 0.15) is 41.6 Å². The SMILES string of the molecule is O=C1CCC2(CCN(CCc3ccccc3)CC2)Nc2ccccc21. The number of carbonyl (C=O) groups is 1. The highest BCUT2D eigenvalue weighted by molar-refractivity contribution is 6.02. The van der Waals surface area contributed by atoms with Gasteiger partial charge in [0, 0.05) is 42.8 Å². The molecular formula is C22H26N2O. The van der Waals surface area contributed by atoms with Gasteiger partial charge in [-0.1, -0.05) is 42.5 Å². The first-order chi connectivity index (χ1) is 12.2. The molecule has 0 aromatic heterocycles. The summed E-state index contributed by atoms with van der Waals surface area (Å²) in [7, 11) is 0. The number of benzene rings is 2. The topological polar surface area (TPSA) is 32.3 Å². The number of hydrogen-bond acceptors (Lipinski definition) is 3. The predicted molar refractivity (Wildman–Crippen MR) is 102 cm³/mol. The maximum atomic E-state index is 12.4. The Morgan fingerprint density at radius 2 is 1.64 bits per heavy atom. The highest BCUT2D eigenvalue weighted by Crippen LogP contribution is 2.36. The Hall–Kier alpha value is -2.13. The summed E-state index contributed by atoms with van der Waals surface area (Å²) in [5.74, 6) is 0.284. The number of hydrogen-bond donors (Lipinski definition) is 1. The molecule has 0 saturated carbocycles. The van der Waals surface area contributed by atoms with Crippen molar-refractivity contribution in [3.63, 3.8) is 0 Å². The first-order valence-electron chi connectivity index (χ1n) is 9.41. The average Bonchev–Trinajstić information content (AvgIpc) is 2.80. The molecule has 0 aliphatic carbocycles. The van der Waals surface area contributed by atoms with Gasteiger partial charge in [0.05, 0.1) is 0 Å². The normalized spacial score (nSPS) is 19.9. The van der Waals surface area contributed by atoms with Crippen molar-refractivity contribution in [1.29, 1.82) is 0 Å². The number of Topliss-reactive ketones (excluding diaryl/α,β-unsaturated/α-hetero) is 1. The number of carbonyl (C=O) groups excluding carboxylic acids is 1. The highest BCUT2D eigenvalue weighted by Gasteiger charge is 2.37. The number of para-hydroxylation sites is 1. The maximum absolute atomic E-state index is 12.4. The van der Waals surface area contributed by atoms with Crippen LogP contribution in [-0.2, 0) is 6.42 Å². The zero-order valence-corrected chi connectivity index (χ0v) is 14.7. The van der Waals surface area contributed by atoms with Gasteiger partial charge in [0.25, 0.3) is 0 Å². The zero-order valence-electron chi connectivity index (χ0n) is 14.7. The van der Waals surface area contributed by atoms with Gasteiger partial charge in [-0.3, -0.25) is 4.79 Å². The van der Waals surface area contributed by atoms with Crippen LogP contribution in [0.5, 0.6) is 0 Å². The smallest absolute Gasteiger partial charge is 0.165 e. The Labute approximate surface area is 150 Å². The van der Waals surface area contributed by atoms with Gasteiger partial charge in [-0.2, -0.15) is 0 Å². The molecule has 1 spiro atoms. The van der Waals surface area contributed by atoms with Crippen molar-refractivity contribution in [2.75, 3.05) is 25.0 Å². The van der Waals surface area contributed by atoms with E-state index in [9.17, 15) is 4.79 Å². The predicted octanol–water partition coefficient (Wildman–Crippen LogP) is 4.15. The Morgan fingerprint density at radius 3 is 2.44 bits per heavy atom. The van der Waals surface area contributed by atoms with Crippen LogP contribution < -0.4 is 5.32 Å². The number of ketones is 1. The molecule has 2 aliphatic rings. The van der Waals surface area contributed by atoms with Crippen LogP contribution in [0.3, 0.4) is 0 Å². The Morgan fingerprint density at radius 1 is 0.920 bits per heavy atom. The molecule has 3 heteroatoms. The molecule has 4 rings (SSSR count). The molecule has 0 amide bonds. The monoisotopic (exact) mass is 334 g/mol. The number of nitrogens with one attached hydrogen (secondary N) is 1. The van der Waals surface area contributed by atoms with E-state index < -0.39 is 0 Å². The summed E-state index contributed by atoms with van der Waals surface area (Å²) >= 11 is 0. The molecule has 0 radical (unpaired) electrons. The standard InChI is InChI=1S/C22H26N2O/c25-21-10-12-22(23-20-9-5-4-8-19(20)21)13-16-24(17-14-22)15-11-18-6-2-1-3-7-18/h1-9,23H,10-17H2. The van der Waals surface area contributed by atoms with E-state index in [2.05, 4.69) is 46.6 Å². The summed E-state index contributed by atoms with van der Waals surface area (Å²) in [6.07, 6.45) is 4.95. The molecule has 1 fully saturated rings. The zero-order chi connectivity index (χ0) is 17.1. The lowest BCUT2D eigenvalue weighted by Crippen LogP contribution is -2.49. The van der Waals surface area contributed by atoms with Gasteiger partial charge >= 0.3 is 0 Å². The molecule has 3 nitrogen and oxygen atoms in total. The van der Waals surface area contributed by atoms with E-state index in [1.165, 1.54) is 5.56 Å². The quantitative estimate of drug-likeness (QED) is 0.915. The van der Waals surface area contributed by atoms with Gasteiger partial charge in [0.1, 0.15) is 0 Å². The number of rotatable bonds is 3. The van der Waals surface area contributed by atoms with Crippen LogP contribution in [0.4, 0.5) is 5.69 Å². The Kier molecular flexibility index (Phi) is 4.58. The molecule has 2 aromatic carbocycles. The van der Waals surface area contributed by atoms with Crippen molar-refractivity contribution >= 4 is 11.5 Å². The van der Waals surface area contributed by atoms with Gasteiger partial charge in [-0.25, -0.2) is 0 Å². The molecule has 2 heterocycles. The summed E-state index contributed by atoms with van der Waals surface area (Å²) < 4.78 is 0. The summed E-state index contributed by atoms with van der Waals surface area (Å²) in [6.45, 7) is 3.34. The van der Waals surface area contributed by atoms with Crippen LogP contribution in [0, 0.1) is 0 Å². The fourth-order valence-corrected chi connectivity index (χ4v) is 4.18. The fraction of sp³-hybridized carbons (Fsp3) is 0.409. The van der Waals surface area contributed by atoms with Gasteiger partial charge in [-0.05, 0) is 43.4 Å². The second-order valence-corrected chi connectivity index (χ2v) is 7.45. The van der Waals surface area contributed by atoms with E-state index in [4.69, 9.17) is 0 Å². The summed E-state index contributed by atoms with van der Waals surface area (Å²) in [5.41, 5.74) is 3.40. The van der Waals surface area contributed by atoms with Gasteiger partial charge in [-0.15, -0.1) is 0 Å². The summed E-state index contributed by atoms with van der Waals surface area (Å²) in [5, 5.41) is 3.75. The van der Waals surface area contributed by atoms with E-state index in [-0.39, 0.29) is 11.3 Å². The minimum absolute atomic E-state index is 0.0888. The molecule has 0 bridgehead atoms. The number of fused-ring (bicyclic) bond motifs is 1. The van der Waals surface area contributed by atoms with Gasteiger partial charge in [0.2, 0.25) is 0 Å². The van der Waals surface area contributed by atoms with Crippen LogP contribution in [0.25, 0.3) is 0 Å². The minimum atomic E-state index is 0.0888. The second-order valence-electron chi connectivity index (χ2n) is 7.45. The average molecular weight is 334 g/mol. The van der Waals surface area contributed by atoms with Crippen molar-refractivity contribution < 1.29 is 4.79 Å². The fourth-order valence-electron chi connectivity index (χ4n) is 4.18. The van der Waals surface area contributed by atoms with Crippen LogP contribution in [0.2, 0.25) is 0 Å². The molecule has 1 saturated heterocycles. The summed E-state index contributed by atoms with van der Waals surface area (Å²) in [6, 6.07) is 18.7. The lowest BCUT2D eigenvalue weighted by molar-refractivity contribution is 0.0965. The molecular weight excluding hydrogens is 308 g/mol. The van der Waals surface area contributed by atoms with Crippen LogP contribution >= 0.6 is 0 Å². The van der Waals surface area contributed by atoms with Crippen molar-refractivity contribution in [2.24, 2.45) is 0 Å². The van der Waals surface area contributed by atoms with Crippen molar-refractivity contribution in [3.05, 3.63) is 65.7 Å². The molecule has 0 atom stereocenters. The third-order valence-corrected chi connectivity index (χ3v) is 5.83. The summed E-state index contributed by atoms with van der Waals surface area (Å²) in [4.78, 5) is 15.0. The van der Waals surface area contributed by atoms with Crippen LogP contribution in [0.15, 0.2) is 54.6 Å². The van der Waals surface area contributed by atoms with Gasteiger partial charge < -0.3 is 10.2 Å². The lowest BCUT2D eigenvalue weighted by Gasteiger charge is -2.42. The minimum Gasteiger partial charge on any atom is -0.379 e. The highest BCUT2D eigenvalue weighted by atomic mass is 16.1. The van der Waals surface area contributed by atoms with Crippen molar-refractivity contribution in [2.45, 2.75) is 37.6 Å². The van der Waals surface area contributed by atoms with E-state index >= 15 is 0 Å². The van der Waals surface area contributed by atoms with Crippen molar-refractivity contribution in [3.8, 4) is 0 Å². The number of likely N-dealkylation sites (tertiary alicyclic amines) is 1. The second kappa shape index (κ2) is 7.01. The molecule has 2 aromatic rings. The Bertz CT molecular complexity index is 733. The molecule has 2 aliphatic heterocycles. The third-order valence-electron chi connectivity index (χ3n) is 5.83. The van der Waals surface area contributed by atoms with E-state index in [0.29, 0.717) is 6.42 Å². The number of piperidine rings is 1. The van der Waals surface area contributed by atoms with E-state index in [0.717, 1.165) is 56.6 Å². The molecule has 25 heavy (non-hydrogen) atoms. The van der Waals surface area contributed by atoms with Crippen LogP contribution in [-0.4, -0.2) is 35.9 Å². The molecule has 1 N–H and O–H groups in total. The van der Waals surface area contributed by atoms with E-state index in [1.54, 1.807) is 0 Å². The third kappa shape index (κ3) is 3.62. The first kappa shape index (κ1) is 16.3. The van der Waals surface area contributed by atoms with Crippen molar-refractivity contribution in [1.82, 2.24) is 4.90 Å². The maximum Gasteiger partial charge on any atom is 0.165 e.